The molecule has 0 aliphatic rings. The van der Waals surface area contributed by atoms with Crippen LogP contribution in [-0.4, -0.2) is 34.7 Å². The topological polar surface area (TPSA) is 196 Å². The van der Waals surface area contributed by atoms with Gasteiger partial charge in [-0.05, 0) is 225 Å². The molecule has 2 amide bonds. The number of hydrogen-bond donors (Lipinski definition) is 6. The molecule has 1 atom stereocenters. The van der Waals surface area contributed by atoms with Crippen molar-refractivity contribution in [1.29, 1.82) is 4.07 Å². The molecule has 0 aliphatic carbocycles. The van der Waals surface area contributed by atoms with E-state index in [1.807, 2.05) is 0 Å². The maximum absolute atomic E-state index is 14.0. The van der Waals surface area contributed by atoms with E-state index in [0.717, 1.165) is 18.2 Å². The number of nitrogens with one attached hydrogen (secondary N) is 2. The fourth-order valence-corrected chi connectivity index (χ4v) is 8.34. The molecular formula is C60H57BCl3F10N6O4P. The van der Waals surface area contributed by atoms with Crippen LogP contribution in [0.3, 0.4) is 0 Å². The van der Waals surface area contributed by atoms with Crippen molar-refractivity contribution in [2.24, 2.45) is 0 Å². The van der Waals surface area contributed by atoms with Gasteiger partial charge in [-0.15, -0.1) is 11.2 Å². The summed E-state index contributed by atoms with van der Waals surface area (Å²) in [6.07, 6.45) is -13.8. The van der Waals surface area contributed by atoms with E-state index in [1.165, 1.54) is 115 Å². The van der Waals surface area contributed by atoms with Crippen molar-refractivity contribution in [3.05, 3.63) is 213 Å². The number of amides is 2. The zero-order valence-corrected chi connectivity index (χ0v) is 46.7. The van der Waals surface area contributed by atoms with Crippen LogP contribution in [0.15, 0.2) is 158 Å². The Morgan fingerprint density at radius 2 is 0.682 bits per heavy atom. The summed E-state index contributed by atoms with van der Waals surface area (Å²) in [5.41, 5.74) is 24.9. The highest BCUT2D eigenvalue weighted by Crippen LogP contribution is 2.43. The number of benzene rings is 8. The first-order chi connectivity index (χ1) is 40.3. The number of rotatable bonds is 9. The van der Waals surface area contributed by atoms with Gasteiger partial charge >= 0.3 is 18.5 Å². The fourth-order valence-electron chi connectivity index (χ4n) is 8.09. The van der Waals surface area contributed by atoms with Gasteiger partial charge in [-0.3, -0.25) is 23.9 Å². The van der Waals surface area contributed by atoms with Crippen LogP contribution >= 0.6 is 43.0 Å². The van der Waals surface area contributed by atoms with E-state index in [0.29, 0.717) is 61.6 Å². The third-order valence-electron chi connectivity index (χ3n) is 11.9. The van der Waals surface area contributed by atoms with Gasteiger partial charge in [0.2, 0.25) is 0 Å². The molecule has 450 valence electrons. The molecule has 0 saturated carbocycles. The largest absolute Gasteiger partial charge is 0.417 e. The van der Waals surface area contributed by atoms with E-state index in [1.54, 1.807) is 45.0 Å². The van der Waals surface area contributed by atoms with Crippen molar-refractivity contribution >= 4 is 108 Å². The van der Waals surface area contributed by atoms with E-state index in [2.05, 4.69) is 20.5 Å². The molecule has 25 heteroatoms. The molecule has 0 bridgehead atoms. The molecule has 8 aromatic carbocycles. The third-order valence-corrected chi connectivity index (χ3v) is 12.3. The second-order valence-electron chi connectivity index (χ2n) is 17.7. The van der Waals surface area contributed by atoms with E-state index in [9.17, 15) is 58.7 Å². The summed E-state index contributed by atoms with van der Waals surface area (Å²) >= 11 is 15.0. The predicted molar refractivity (Wildman–Crippen MR) is 330 cm³/mol. The Morgan fingerprint density at radius 3 is 0.965 bits per heavy atom. The lowest BCUT2D eigenvalue weighted by atomic mass is 9.94. The number of alkyl halides is 9. The minimum Gasteiger partial charge on any atom is -0.399 e. The number of aryl methyl sites for hydroxylation is 3. The molecule has 0 fully saturated rings. The Balaban J connectivity index is 0.000000790. The van der Waals surface area contributed by atoms with Crippen LogP contribution in [0.5, 0.6) is 0 Å². The van der Waals surface area contributed by atoms with E-state index < -0.39 is 57.5 Å². The van der Waals surface area contributed by atoms with Crippen molar-refractivity contribution < 1.29 is 63.4 Å². The number of nitrogens with two attached hydrogens (primary N) is 4. The number of nitrogen functional groups attached to an aromatic ring is 4. The summed E-state index contributed by atoms with van der Waals surface area (Å²) in [7, 11) is 3.56. The Hall–Kier alpha value is -8.10. The lowest BCUT2D eigenvalue weighted by Gasteiger charge is -2.17. The highest BCUT2D eigenvalue weighted by molar-refractivity contribution is 7.52. The molecule has 0 spiro atoms. The molecule has 85 heavy (non-hydrogen) atoms. The van der Waals surface area contributed by atoms with Crippen molar-refractivity contribution in [3.8, 4) is 33.4 Å². The van der Waals surface area contributed by atoms with Gasteiger partial charge in [0.1, 0.15) is 0 Å². The maximum atomic E-state index is 14.0. The summed E-state index contributed by atoms with van der Waals surface area (Å²) in [5, 5.41) is 4.03. The fraction of sp³-hybridized carbons (Fsp3) is 0.133. The summed E-state index contributed by atoms with van der Waals surface area (Å²) in [6, 6.07) is 35.9. The van der Waals surface area contributed by atoms with Gasteiger partial charge in [0.15, 0.2) is 0 Å². The number of carbonyl (C=O) groups excluding carboxylic acids is 4. The standard InChI is InChI=1S/C36H28F6N4O2.C14H13F3N2.C8H4Cl2O2.2CH4.BH.ClH2P.FH/c1-19-15-23(43)7-11-27(19)30-14-10-26(18-32(30)36(40,41)42)46-34(48)22-5-3-21(4-6-22)33(47)45-25-9-13-28(20(2)16-25)29-12-8-24(44)17-31(29)35(37,38)39;1-8-6-9(18)2-4-11(8)12-5-3-10(19)7-13(12)14(15,16)17;9-7(11)5-1-2-6(4-3-5)8(10)12;;;;1-2;/h3-18H,43-44H2,1-2H3,(H,45,47)(H,46,48);2-7H,18-19H2,1H3;1-4H;2*1H4;1H;2H2;1H/i;;;;;1D;2T;/hT. The van der Waals surface area contributed by atoms with Crippen LogP contribution in [-0.2, 0) is 18.5 Å². The van der Waals surface area contributed by atoms with Gasteiger partial charge in [0.25, 0.3) is 23.8 Å². The first-order valence-corrected chi connectivity index (χ1v) is 25.6. The van der Waals surface area contributed by atoms with Crippen molar-refractivity contribution in [2.45, 2.75) is 54.2 Å². The minimum atomic E-state index is -4.71. The van der Waals surface area contributed by atoms with Crippen molar-refractivity contribution in [2.75, 3.05) is 33.6 Å². The second-order valence-corrected chi connectivity index (χ2v) is 18.3. The average Bonchev–Trinajstić information content (AvgIpc) is 2.32. The highest BCUT2D eigenvalue weighted by atomic mass is 35.7. The third kappa shape index (κ3) is 20.0. The first-order valence-electron chi connectivity index (χ1n) is 24.8. The normalized spacial score (nSPS) is 11.0. The van der Waals surface area contributed by atoms with Gasteiger partial charge in [0.05, 0.1) is 18.0 Å². The lowest BCUT2D eigenvalue weighted by molar-refractivity contribution is -0.137. The van der Waals surface area contributed by atoms with E-state index >= 15 is 0 Å². The molecular weight excluding hydrogens is 1210 g/mol. The van der Waals surface area contributed by atoms with Gasteiger partial charge in [0, 0.05) is 64.8 Å². The van der Waals surface area contributed by atoms with Crippen molar-refractivity contribution in [3.63, 3.8) is 0 Å². The van der Waals surface area contributed by atoms with Crippen molar-refractivity contribution in [1.82, 2.24) is 0 Å². The lowest BCUT2D eigenvalue weighted by Crippen LogP contribution is -2.15. The SMILES string of the molecule is C.C.Cc1cc(N)ccc1-c1ccc(N)cc1C(F)(F)F.Cc1cc(NC(=O)c2ccc(C(=O)Nc3ccc(-c4ccc(N)cc4C)c(C(F)(F)F)c3)cc2)ccc1-c1ccc(N)cc1C(F)(F)F.O=C(Cl)c1ccc(C(=O)Cl)cc1.[2H][B].[3H]F.[3H]PCl. The van der Waals surface area contributed by atoms with E-state index in [4.69, 9.17) is 64.7 Å². The Morgan fingerprint density at radius 1 is 0.447 bits per heavy atom. The predicted octanol–water partition coefficient (Wildman–Crippen LogP) is 17.4. The monoisotopic (exact) mass is 1270 g/mol. The van der Waals surface area contributed by atoms with Gasteiger partial charge in [-0.2, -0.15) is 39.5 Å². The molecule has 10 nitrogen and oxygen atoms in total. The quantitative estimate of drug-likeness (QED) is 0.0270. The zero-order valence-electron chi connectivity index (χ0n) is 46.4. The Labute approximate surface area is 507 Å². The van der Waals surface area contributed by atoms with Crippen LogP contribution < -0.4 is 33.6 Å². The molecule has 0 aromatic heterocycles. The molecule has 2 radical (unpaired) electrons. The van der Waals surface area contributed by atoms with Crippen LogP contribution in [0.2, 0.25) is 0 Å². The highest BCUT2D eigenvalue weighted by Gasteiger charge is 2.36. The Bertz CT molecular complexity index is 3640. The van der Waals surface area contributed by atoms with Gasteiger partial charge < -0.3 is 33.6 Å². The number of anilines is 6. The van der Waals surface area contributed by atoms with Crippen LogP contribution in [0.25, 0.3) is 33.4 Å². The van der Waals surface area contributed by atoms with Gasteiger partial charge in [-0.25, -0.2) is 0 Å². The second kappa shape index (κ2) is 31.7. The number of hydrogen-bond acceptors (Lipinski definition) is 8. The maximum Gasteiger partial charge on any atom is 0.417 e. The molecule has 0 saturated heterocycles. The smallest absolute Gasteiger partial charge is 0.399 e. The zero-order chi connectivity index (χ0) is 65.0. The summed E-state index contributed by atoms with van der Waals surface area (Å²) in [4.78, 5) is 47.0. The molecule has 0 heterocycles. The first kappa shape index (κ1) is 69.4. The van der Waals surface area contributed by atoms with Gasteiger partial charge in [-0.1, -0.05) is 51.3 Å². The Kier molecular flexibility index (Phi) is 25.9. The molecule has 1 unspecified atom stereocenters. The molecule has 8 aromatic rings. The van der Waals surface area contributed by atoms with E-state index in [-0.39, 0.29) is 68.3 Å². The molecule has 0 aliphatic heterocycles. The molecule has 10 N–H and O–H groups in total. The summed E-state index contributed by atoms with van der Waals surface area (Å²) < 4.78 is 146. The average molecular weight is 1270 g/mol. The number of carbonyl (C=O) groups is 4. The summed E-state index contributed by atoms with van der Waals surface area (Å²) in [6.45, 7) is 4.99. The minimum absolute atomic E-state index is 0. The van der Waals surface area contributed by atoms with Crippen LogP contribution in [0.4, 0.5) is 78.4 Å². The van der Waals surface area contributed by atoms with Crippen LogP contribution in [0, 0.1) is 20.8 Å². The number of halogens is 13. The molecule has 8 rings (SSSR count). The van der Waals surface area contributed by atoms with Crippen LogP contribution in [0.1, 0.15) is 89.7 Å². The summed E-state index contributed by atoms with van der Waals surface area (Å²) in [5.74, 6) is -1.25.